The molecule has 2 N–H and O–H groups in total. The van der Waals surface area contributed by atoms with E-state index in [-0.39, 0.29) is 25.0 Å². The molecule has 10 rings (SSSR count). The number of H-pyrrole nitrogens is 2. The van der Waals surface area contributed by atoms with Crippen LogP contribution in [0.3, 0.4) is 0 Å². The van der Waals surface area contributed by atoms with E-state index in [4.69, 9.17) is 34.4 Å². The predicted molar refractivity (Wildman–Crippen MR) is 240 cm³/mol. The highest BCUT2D eigenvalue weighted by atomic mass is 19.1. The van der Waals surface area contributed by atoms with Crippen LogP contribution in [0.2, 0.25) is 0 Å². The third kappa shape index (κ3) is 8.51. The first-order chi connectivity index (χ1) is 31.3. The van der Waals surface area contributed by atoms with Crippen molar-refractivity contribution < 1.29 is 22.6 Å². The van der Waals surface area contributed by atoms with Gasteiger partial charge in [0, 0.05) is 121 Å². The van der Waals surface area contributed by atoms with Gasteiger partial charge in [0.15, 0.2) is 0 Å². The van der Waals surface area contributed by atoms with Crippen molar-refractivity contribution in [3.8, 4) is 22.5 Å². The van der Waals surface area contributed by atoms with Crippen LogP contribution in [0.15, 0.2) is 97.5 Å². The Bertz CT molecular complexity index is 2730. The van der Waals surface area contributed by atoms with Crippen LogP contribution in [-0.2, 0) is 22.3 Å². The first-order valence-corrected chi connectivity index (χ1v) is 21.4. The third-order valence-corrected chi connectivity index (χ3v) is 11.6. The molecule has 6 aromatic heterocycles. The number of morpholine rings is 2. The smallest absolute Gasteiger partial charge is 0.247 e. The van der Waals surface area contributed by atoms with E-state index in [2.05, 4.69) is 24.8 Å². The fraction of sp³-hybridized carbons (Fsp3) is 0.277. The van der Waals surface area contributed by atoms with Gasteiger partial charge in [0.2, 0.25) is 17.8 Å². The highest BCUT2D eigenvalue weighted by molar-refractivity contribution is 5.96. The number of aromatic nitrogens is 8. The number of nitrogens with one attached hydrogen (secondary N) is 2. The van der Waals surface area contributed by atoms with Gasteiger partial charge in [-0.2, -0.15) is 14.4 Å². The first kappa shape index (κ1) is 40.9. The quantitative estimate of drug-likeness (QED) is 0.0878. The molecule has 0 saturated carbocycles. The fourth-order valence-electron chi connectivity index (χ4n) is 8.42. The van der Waals surface area contributed by atoms with Crippen LogP contribution in [0.4, 0.5) is 36.7 Å². The number of hydrogen-bond donors (Lipinski definition) is 2. The highest BCUT2D eigenvalue weighted by Gasteiger charge is 2.29. The molecule has 0 atom stereocenters. The Hall–Kier alpha value is -7.11. The summed E-state index contributed by atoms with van der Waals surface area (Å²) in [5.74, 6) is 0.109. The number of benzene rings is 2. The minimum atomic E-state index is -0.610. The average Bonchev–Trinajstić information content (AvgIpc) is 4.01. The van der Waals surface area contributed by atoms with E-state index in [9.17, 15) is 4.39 Å². The molecule has 2 aromatic carbocycles. The van der Waals surface area contributed by atoms with E-state index in [1.54, 1.807) is 30.6 Å². The van der Waals surface area contributed by atoms with Crippen LogP contribution in [0.5, 0.6) is 0 Å². The Morgan fingerprint density at radius 3 is 1.69 bits per heavy atom. The molecule has 0 radical (unpaired) electrons. The number of nitrogens with zero attached hydrogens (tertiary/aromatic N) is 10. The van der Waals surface area contributed by atoms with Crippen molar-refractivity contribution in [2.45, 2.75) is 19.8 Å². The van der Waals surface area contributed by atoms with Gasteiger partial charge in [0.1, 0.15) is 23.3 Å². The molecule has 326 valence electrons. The Balaban J connectivity index is 1.20. The van der Waals surface area contributed by atoms with Gasteiger partial charge in [-0.1, -0.05) is 6.07 Å². The first-order valence-electron chi connectivity index (χ1n) is 21.4. The summed E-state index contributed by atoms with van der Waals surface area (Å²) in [4.78, 5) is 40.1. The largest absolute Gasteiger partial charge is 0.378 e. The number of anilines is 4. The molecule has 2 aliphatic heterocycles. The van der Waals surface area contributed by atoms with Crippen molar-refractivity contribution >= 4 is 45.3 Å². The minimum Gasteiger partial charge on any atom is -0.378 e. The SMILES string of the molecule is Cc1cccc(CCN(c2nc(-c3c(F)ccc4[nH]ccc34)cc(N3CCOCC3)n2)N(CCc2ccnc(F)c2)c2nc(-c3c(F)ccc4[nH]ccc34)cc(N3CCOCC3)n2)n1. The van der Waals surface area contributed by atoms with Crippen LogP contribution < -0.4 is 19.8 Å². The highest BCUT2D eigenvalue weighted by Crippen LogP contribution is 2.36. The third-order valence-electron chi connectivity index (χ3n) is 11.6. The van der Waals surface area contributed by atoms with Crippen molar-refractivity contribution in [3.63, 3.8) is 0 Å². The van der Waals surface area contributed by atoms with Crippen molar-refractivity contribution in [2.24, 2.45) is 0 Å². The zero-order valence-corrected chi connectivity index (χ0v) is 35.1. The molecule has 8 heterocycles. The number of pyridine rings is 2. The summed E-state index contributed by atoms with van der Waals surface area (Å²) in [6.45, 7) is 6.55. The van der Waals surface area contributed by atoms with Gasteiger partial charge in [-0.3, -0.25) is 4.98 Å². The molecule has 0 spiro atoms. The summed E-state index contributed by atoms with van der Waals surface area (Å²) in [7, 11) is 0. The molecular formula is C47H45F3N12O2. The van der Waals surface area contributed by atoms with Gasteiger partial charge in [-0.25, -0.2) is 33.8 Å². The maximum atomic E-state index is 16.3. The van der Waals surface area contributed by atoms with E-state index >= 15 is 8.78 Å². The Labute approximate surface area is 366 Å². The molecule has 64 heavy (non-hydrogen) atoms. The number of aromatic amines is 2. The van der Waals surface area contributed by atoms with Crippen molar-refractivity contribution in [3.05, 3.63) is 132 Å². The number of hydrogen-bond acceptors (Lipinski definition) is 12. The molecule has 17 heteroatoms. The second-order valence-corrected chi connectivity index (χ2v) is 15.7. The van der Waals surface area contributed by atoms with Crippen LogP contribution in [0, 0.1) is 24.5 Å². The van der Waals surface area contributed by atoms with Gasteiger partial charge < -0.3 is 29.2 Å². The van der Waals surface area contributed by atoms with Crippen LogP contribution in [-0.4, -0.2) is 106 Å². The molecule has 8 aromatic rings. The van der Waals surface area contributed by atoms with Crippen molar-refractivity contribution in [1.29, 1.82) is 0 Å². The molecule has 0 unspecified atom stereocenters. The van der Waals surface area contributed by atoms with Crippen molar-refractivity contribution in [1.82, 2.24) is 39.9 Å². The molecule has 2 fully saturated rings. The number of halogens is 3. The molecule has 2 aliphatic rings. The van der Waals surface area contributed by atoms with E-state index in [0.717, 1.165) is 22.4 Å². The second-order valence-electron chi connectivity index (χ2n) is 15.7. The number of hydrazine groups is 1. The summed E-state index contributed by atoms with van der Waals surface area (Å²) >= 11 is 0. The lowest BCUT2D eigenvalue weighted by Gasteiger charge is -2.37. The zero-order chi connectivity index (χ0) is 43.6. The van der Waals surface area contributed by atoms with Gasteiger partial charge in [0.25, 0.3) is 0 Å². The lowest BCUT2D eigenvalue weighted by atomic mass is 10.1. The lowest BCUT2D eigenvalue weighted by Crippen LogP contribution is -2.48. The topological polar surface area (TPSA) is 140 Å². The Morgan fingerprint density at radius 1 is 0.609 bits per heavy atom. The van der Waals surface area contributed by atoms with Crippen LogP contribution in [0.25, 0.3) is 44.3 Å². The zero-order valence-electron chi connectivity index (χ0n) is 35.1. The molecule has 2 saturated heterocycles. The van der Waals surface area contributed by atoms with Gasteiger partial charge in [-0.05, 0) is 79.6 Å². The normalized spacial score (nSPS) is 14.4. The number of fused-ring (bicyclic) bond motifs is 2. The summed E-state index contributed by atoms with van der Waals surface area (Å²) in [5.41, 5.74) is 5.21. The van der Waals surface area contributed by atoms with E-state index in [1.165, 1.54) is 24.4 Å². The van der Waals surface area contributed by atoms with Crippen LogP contribution in [0.1, 0.15) is 17.0 Å². The monoisotopic (exact) mass is 866 g/mol. The Kier molecular flexibility index (Phi) is 11.5. The molecule has 0 bridgehead atoms. The summed E-state index contributed by atoms with van der Waals surface area (Å²) in [6.07, 6.45) is 5.72. The van der Waals surface area contributed by atoms with Crippen molar-refractivity contribution in [2.75, 3.05) is 85.5 Å². The van der Waals surface area contributed by atoms with E-state index in [0.29, 0.717) is 116 Å². The minimum absolute atomic E-state index is 0.190. The maximum Gasteiger partial charge on any atom is 0.247 e. The van der Waals surface area contributed by atoms with Gasteiger partial charge in [-0.15, -0.1) is 0 Å². The summed E-state index contributed by atoms with van der Waals surface area (Å²) < 4.78 is 58.7. The summed E-state index contributed by atoms with van der Waals surface area (Å²) in [5, 5.41) is 5.08. The number of aryl methyl sites for hydroxylation is 1. The summed E-state index contributed by atoms with van der Waals surface area (Å²) in [6, 6.07) is 22.6. The lowest BCUT2D eigenvalue weighted by molar-refractivity contribution is 0.122. The predicted octanol–water partition coefficient (Wildman–Crippen LogP) is 7.47. The van der Waals surface area contributed by atoms with Gasteiger partial charge in [0.05, 0.1) is 37.8 Å². The van der Waals surface area contributed by atoms with E-state index in [1.807, 2.05) is 59.4 Å². The standard InChI is InChI=1S/C47H45F3N12O2/c1-30-3-2-4-32(54-30)13-18-62(47-56-40(29-43(58-47)60-21-25-64-26-22-60)45-34-11-16-52-38(34)8-6-36(45)49)61(17-12-31-9-14-53-41(50)27-31)46-55-39(28-42(57-46)59-19-23-63-24-20-59)44-33-10-15-51-37(33)7-5-35(44)48/h2-11,14-16,27-29,51-52H,12-13,17-26H2,1H3. The molecular weight excluding hydrogens is 822 g/mol. The van der Waals surface area contributed by atoms with E-state index < -0.39 is 17.6 Å². The average molecular weight is 867 g/mol. The molecule has 0 amide bonds. The molecule has 14 nitrogen and oxygen atoms in total. The second kappa shape index (κ2) is 17.9. The van der Waals surface area contributed by atoms with Gasteiger partial charge >= 0.3 is 0 Å². The fourth-order valence-corrected chi connectivity index (χ4v) is 8.42. The molecule has 0 aliphatic carbocycles. The maximum absolute atomic E-state index is 16.3. The Morgan fingerprint density at radius 2 is 1.16 bits per heavy atom. The number of ether oxygens (including phenoxy) is 2. The van der Waals surface area contributed by atoms with Crippen LogP contribution >= 0.6 is 0 Å². The number of rotatable bonds is 13.